The molecule has 1 atom stereocenters. The Kier molecular flexibility index (Phi) is 5.00. The van der Waals surface area contributed by atoms with Crippen LogP contribution in [-0.4, -0.2) is 23.9 Å². The van der Waals surface area contributed by atoms with Crippen LogP contribution in [0.15, 0.2) is 24.3 Å². The van der Waals surface area contributed by atoms with Crippen LogP contribution in [-0.2, 0) is 6.54 Å². The van der Waals surface area contributed by atoms with E-state index in [0.717, 1.165) is 9.13 Å². The van der Waals surface area contributed by atoms with E-state index in [1.165, 1.54) is 0 Å². The summed E-state index contributed by atoms with van der Waals surface area (Å²) in [4.78, 5) is 0. The smallest absolute Gasteiger partial charge is 0.382 e. The molecule has 0 aliphatic rings. The van der Waals surface area contributed by atoms with Gasteiger partial charge in [0.15, 0.2) is 6.10 Å². The average Bonchev–Trinajstić information content (AvgIpc) is 2.19. The van der Waals surface area contributed by atoms with Gasteiger partial charge >= 0.3 is 6.18 Å². The number of alkyl halides is 3. The van der Waals surface area contributed by atoms with Gasteiger partial charge in [0.25, 0.3) is 0 Å². The van der Waals surface area contributed by atoms with Crippen molar-refractivity contribution in [1.82, 2.24) is 5.32 Å². The monoisotopic (exact) mass is 345 g/mol. The molecule has 0 spiro atoms. The third kappa shape index (κ3) is 4.67. The zero-order chi connectivity index (χ0) is 12.2. The molecule has 0 radical (unpaired) electrons. The first-order valence-corrected chi connectivity index (χ1v) is 5.67. The molecule has 0 amide bonds. The minimum Gasteiger partial charge on any atom is -0.382 e. The molecule has 0 heterocycles. The Labute approximate surface area is 105 Å². The first-order chi connectivity index (χ1) is 7.39. The maximum Gasteiger partial charge on any atom is 0.415 e. The summed E-state index contributed by atoms with van der Waals surface area (Å²) in [7, 11) is 0. The molecule has 90 valence electrons. The Bertz CT molecular complexity index is 326. The van der Waals surface area contributed by atoms with Gasteiger partial charge in [-0.05, 0) is 40.3 Å². The van der Waals surface area contributed by atoms with E-state index in [2.05, 4.69) is 27.9 Å². The van der Waals surface area contributed by atoms with Crippen molar-refractivity contribution in [3.63, 3.8) is 0 Å². The predicted octanol–water partition coefficient (Wildman–Crippen LogP) is 2.30. The largest absolute Gasteiger partial charge is 0.415 e. The van der Waals surface area contributed by atoms with E-state index in [-0.39, 0.29) is 0 Å². The summed E-state index contributed by atoms with van der Waals surface area (Å²) in [5, 5.41) is 11.3. The van der Waals surface area contributed by atoms with Crippen molar-refractivity contribution >= 4 is 22.6 Å². The van der Waals surface area contributed by atoms with Gasteiger partial charge in [0, 0.05) is 16.7 Å². The zero-order valence-electron chi connectivity index (χ0n) is 8.26. The first-order valence-electron chi connectivity index (χ1n) is 4.59. The first kappa shape index (κ1) is 13.7. The summed E-state index contributed by atoms with van der Waals surface area (Å²) >= 11 is 2.15. The molecular formula is C10H11F3INO. The lowest BCUT2D eigenvalue weighted by atomic mass is 10.2. The highest BCUT2D eigenvalue weighted by Gasteiger charge is 2.37. The van der Waals surface area contributed by atoms with Gasteiger partial charge < -0.3 is 10.4 Å². The standard InChI is InChI=1S/C10H11F3INO/c11-10(12,13)9(16)6-15-5-7-1-3-8(14)4-2-7/h1-4,9,15-16H,5-6H2. The van der Waals surface area contributed by atoms with Crippen LogP contribution >= 0.6 is 22.6 Å². The molecule has 16 heavy (non-hydrogen) atoms. The quantitative estimate of drug-likeness (QED) is 0.821. The van der Waals surface area contributed by atoms with E-state index in [4.69, 9.17) is 5.11 Å². The highest BCUT2D eigenvalue weighted by atomic mass is 127. The number of rotatable bonds is 4. The van der Waals surface area contributed by atoms with Gasteiger partial charge in [-0.1, -0.05) is 12.1 Å². The van der Waals surface area contributed by atoms with E-state index < -0.39 is 18.8 Å². The molecular weight excluding hydrogens is 334 g/mol. The second-order valence-electron chi connectivity index (χ2n) is 3.31. The Hall–Kier alpha value is -0.340. The molecule has 1 unspecified atom stereocenters. The fourth-order valence-electron chi connectivity index (χ4n) is 1.07. The third-order valence-electron chi connectivity index (χ3n) is 1.96. The number of hydrogen-bond acceptors (Lipinski definition) is 2. The van der Waals surface area contributed by atoms with Crippen LogP contribution in [0.3, 0.4) is 0 Å². The maximum atomic E-state index is 11.9. The fourth-order valence-corrected chi connectivity index (χ4v) is 1.43. The Morgan fingerprint density at radius 1 is 1.25 bits per heavy atom. The third-order valence-corrected chi connectivity index (χ3v) is 2.68. The lowest BCUT2D eigenvalue weighted by Crippen LogP contribution is -2.38. The number of halogens is 4. The molecule has 1 aromatic carbocycles. The van der Waals surface area contributed by atoms with Gasteiger partial charge in [-0.3, -0.25) is 0 Å². The van der Waals surface area contributed by atoms with Gasteiger partial charge in [0.05, 0.1) is 0 Å². The molecule has 2 nitrogen and oxygen atoms in total. The highest BCUT2D eigenvalue weighted by molar-refractivity contribution is 14.1. The van der Waals surface area contributed by atoms with Crippen molar-refractivity contribution < 1.29 is 18.3 Å². The maximum absolute atomic E-state index is 11.9. The van der Waals surface area contributed by atoms with E-state index in [0.29, 0.717) is 6.54 Å². The average molecular weight is 345 g/mol. The van der Waals surface area contributed by atoms with Crippen LogP contribution in [0.4, 0.5) is 13.2 Å². The van der Waals surface area contributed by atoms with Crippen molar-refractivity contribution in [3.8, 4) is 0 Å². The Morgan fingerprint density at radius 2 is 1.81 bits per heavy atom. The minimum absolute atomic E-state index is 0.310. The van der Waals surface area contributed by atoms with Crippen LogP contribution in [0.25, 0.3) is 0 Å². The molecule has 0 aliphatic heterocycles. The Balaban J connectivity index is 2.33. The van der Waals surface area contributed by atoms with Crippen LogP contribution in [0.5, 0.6) is 0 Å². The van der Waals surface area contributed by atoms with Gasteiger partial charge in [-0.25, -0.2) is 0 Å². The van der Waals surface area contributed by atoms with Crippen LogP contribution in [0.1, 0.15) is 5.56 Å². The molecule has 0 fully saturated rings. The van der Waals surface area contributed by atoms with Crippen molar-refractivity contribution in [2.24, 2.45) is 0 Å². The van der Waals surface area contributed by atoms with Gasteiger partial charge in [-0.15, -0.1) is 0 Å². The lowest BCUT2D eigenvalue weighted by molar-refractivity contribution is -0.201. The van der Waals surface area contributed by atoms with Gasteiger partial charge in [0.1, 0.15) is 0 Å². The minimum atomic E-state index is -4.56. The summed E-state index contributed by atoms with van der Waals surface area (Å²) in [5.74, 6) is 0. The van der Waals surface area contributed by atoms with Crippen molar-refractivity contribution in [2.75, 3.05) is 6.54 Å². The summed E-state index contributed by atoms with van der Waals surface area (Å²) in [6.45, 7) is -0.181. The molecule has 0 saturated heterocycles. The van der Waals surface area contributed by atoms with Crippen molar-refractivity contribution in [1.29, 1.82) is 0 Å². The van der Waals surface area contributed by atoms with Gasteiger partial charge in [-0.2, -0.15) is 13.2 Å². The Morgan fingerprint density at radius 3 is 2.31 bits per heavy atom. The summed E-state index contributed by atoms with van der Waals surface area (Å²) < 4.78 is 36.9. The fraction of sp³-hybridized carbons (Fsp3) is 0.400. The van der Waals surface area contributed by atoms with E-state index in [1.54, 1.807) is 0 Å². The zero-order valence-corrected chi connectivity index (χ0v) is 10.4. The van der Waals surface area contributed by atoms with E-state index in [9.17, 15) is 13.2 Å². The van der Waals surface area contributed by atoms with Crippen LogP contribution in [0.2, 0.25) is 0 Å². The van der Waals surface area contributed by atoms with E-state index in [1.807, 2.05) is 24.3 Å². The number of aliphatic hydroxyl groups is 1. The summed E-state index contributed by atoms with van der Waals surface area (Å²) in [6.07, 6.45) is -6.87. The topological polar surface area (TPSA) is 32.3 Å². The van der Waals surface area contributed by atoms with E-state index >= 15 is 0 Å². The number of nitrogens with one attached hydrogen (secondary N) is 1. The normalized spacial score (nSPS) is 13.8. The molecule has 0 bridgehead atoms. The second-order valence-corrected chi connectivity index (χ2v) is 4.56. The van der Waals surface area contributed by atoms with Crippen molar-refractivity contribution in [2.45, 2.75) is 18.8 Å². The molecule has 0 saturated carbocycles. The number of hydrogen-bond donors (Lipinski definition) is 2. The van der Waals surface area contributed by atoms with Crippen LogP contribution in [0, 0.1) is 3.57 Å². The predicted molar refractivity (Wildman–Crippen MR) is 62.9 cm³/mol. The molecule has 0 aromatic heterocycles. The number of aliphatic hydroxyl groups excluding tert-OH is 1. The summed E-state index contributed by atoms with van der Waals surface area (Å²) in [6, 6.07) is 7.40. The summed E-state index contributed by atoms with van der Waals surface area (Å²) in [5.41, 5.74) is 0.884. The molecule has 1 rings (SSSR count). The molecule has 0 aliphatic carbocycles. The molecule has 6 heteroatoms. The highest BCUT2D eigenvalue weighted by Crippen LogP contribution is 2.19. The second kappa shape index (κ2) is 5.83. The van der Waals surface area contributed by atoms with Crippen LogP contribution < -0.4 is 5.32 Å². The SMILES string of the molecule is OC(CNCc1ccc(I)cc1)C(F)(F)F. The molecule has 1 aromatic rings. The number of benzene rings is 1. The van der Waals surface area contributed by atoms with Crippen molar-refractivity contribution in [3.05, 3.63) is 33.4 Å². The lowest BCUT2D eigenvalue weighted by Gasteiger charge is -2.14. The van der Waals surface area contributed by atoms with Gasteiger partial charge in [0.2, 0.25) is 0 Å². The molecule has 2 N–H and O–H groups in total.